The Labute approximate surface area is 194 Å². The predicted molar refractivity (Wildman–Crippen MR) is 115 cm³/mol. The number of rotatable bonds is 7. The van der Waals surface area contributed by atoms with Crippen molar-refractivity contribution in [1.82, 2.24) is 15.9 Å². The number of amides is 1. The molecular weight excluding hydrogens is 452 g/mol. The van der Waals surface area contributed by atoms with E-state index in [9.17, 15) is 18.4 Å². The number of alkyl halides is 2. The standard InChI is InChI=1S/C23H25F2N3O6/c1-13(29)32-17-4-5-19(27-22(30)15-7-8-28-16(9-15)12-26-34-28)18(11-17)14-3-6-20(31-2)21(10-14)33-23(24)25/h3,6-10,12,17-19,23,26H,4-5,11H2,1-2H3,(H,27,30)/t17-,18?,19?/m1/s1. The van der Waals surface area contributed by atoms with E-state index in [2.05, 4.69) is 15.5 Å². The third kappa shape index (κ3) is 5.30. The summed E-state index contributed by atoms with van der Waals surface area (Å²) in [5.74, 6) is -0.936. The highest BCUT2D eigenvalue weighted by Crippen LogP contribution is 2.39. The molecular formula is C23H25F2N3O6. The van der Waals surface area contributed by atoms with Gasteiger partial charge in [0, 0.05) is 30.7 Å². The molecule has 1 aromatic carbocycles. The lowest BCUT2D eigenvalue weighted by Gasteiger charge is -2.37. The van der Waals surface area contributed by atoms with Crippen LogP contribution in [0, 0.1) is 0 Å². The molecule has 2 unspecified atom stereocenters. The van der Waals surface area contributed by atoms with E-state index in [0.717, 1.165) is 0 Å². The average Bonchev–Trinajstić information content (AvgIpc) is 3.27. The number of benzene rings is 1. The molecule has 1 amide bonds. The van der Waals surface area contributed by atoms with Crippen molar-refractivity contribution < 1.29 is 37.5 Å². The van der Waals surface area contributed by atoms with Crippen molar-refractivity contribution in [3.8, 4) is 11.5 Å². The third-order valence-corrected chi connectivity index (χ3v) is 5.85. The first-order valence-electron chi connectivity index (χ1n) is 10.8. The fraction of sp³-hybridized carbons (Fsp3) is 0.391. The molecule has 9 nitrogen and oxygen atoms in total. The first-order valence-corrected chi connectivity index (χ1v) is 10.8. The largest absolute Gasteiger partial charge is 0.493 e. The molecule has 3 aliphatic rings. The SMILES string of the molecule is COc1ccc(C2C[C@H](OC(C)=O)CCC2NC(=O)C2=CC3=CNON3C=C2)cc1OC(F)F. The van der Waals surface area contributed by atoms with Gasteiger partial charge in [-0.2, -0.15) is 13.7 Å². The van der Waals surface area contributed by atoms with Crippen molar-refractivity contribution in [2.75, 3.05) is 7.11 Å². The second-order valence-electron chi connectivity index (χ2n) is 8.04. The van der Waals surface area contributed by atoms with Gasteiger partial charge in [-0.1, -0.05) is 6.07 Å². The first kappa shape index (κ1) is 23.6. The minimum Gasteiger partial charge on any atom is -0.493 e. The second-order valence-corrected chi connectivity index (χ2v) is 8.04. The van der Waals surface area contributed by atoms with Crippen LogP contribution < -0.4 is 20.3 Å². The average molecular weight is 477 g/mol. The lowest BCUT2D eigenvalue weighted by atomic mass is 9.78. The van der Waals surface area contributed by atoms with Gasteiger partial charge < -0.3 is 19.5 Å². The molecule has 0 spiro atoms. The number of nitrogens with zero attached hydrogens (tertiary/aromatic N) is 1. The van der Waals surface area contributed by atoms with Crippen LogP contribution >= 0.6 is 0 Å². The van der Waals surface area contributed by atoms with Crippen LogP contribution in [0.2, 0.25) is 0 Å². The zero-order chi connectivity index (χ0) is 24.2. The molecule has 0 saturated heterocycles. The number of methoxy groups -OCH3 is 1. The van der Waals surface area contributed by atoms with Crippen LogP contribution in [0.1, 0.15) is 37.7 Å². The normalized spacial score (nSPS) is 23.4. The van der Waals surface area contributed by atoms with Gasteiger partial charge >= 0.3 is 12.6 Å². The number of allylic oxidation sites excluding steroid dienone is 1. The van der Waals surface area contributed by atoms with Crippen LogP contribution in [0.5, 0.6) is 11.5 Å². The number of ether oxygens (including phenoxy) is 3. The number of hydrogen-bond donors (Lipinski definition) is 2. The van der Waals surface area contributed by atoms with Crippen LogP contribution in [0.3, 0.4) is 0 Å². The second kappa shape index (κ2) is 10.1. The molecule has 1 aromatic rings. The molecule has 4 rings (SSSR count). The fourth-order valence-electron chi connectivity index (χ4n) is 4.36. The van der Waals surface area contributed by atoms with Crippen LogP contribution in [0.15, 0.2) is 54.0 Å². The van der Waals surface area contributed by atoms with Gasteiger partial charge in [0.25, 0.3) is 5.91 Å². The van der Waals surface area contributed by atoms with Gasteiger partial charge in [-0.3, -0.25) is 9.59 Å². The number of hydroxylamine groups is 3. The van der Waals surface area contributed by atoms with Crippen molar-refractivity contribution >= 4 is 11.9 Å². The quantitative estimate of drug-likeness (QED) is 0.579. The predicted octanol–water partition coefficient (Wildman–Crippen LogP) is 3.03. The number of carbonyl (C=O) groups excluding carboxylic acids is 2. The molecule has 182 valence electrons. The van der Waals surface area contributed by atoms with Gasteiger partial charge in [-0.05, 0) is 49.1 Å². The number of hydrogen-bond acceptors (Lipinski definition) is 8. The summed E-state index contributed by atoms with van der Waals surface area (Å²) in [5, 5.41) is 4.53. The van der Waals surface area contributed by atoms with Crippen LogP contribution in [0.4, 0.5) is 8.78 Å². The minimum atomic E-state index is -3.02. The Bertz CT molecular complexity index is 1040. The summed E-state index contributed by atoms with van der Waals surface area (Å²) in [7, 11) is 1.36. The highest BCUT2D eigenvalue weighted by molar-refractivity contribution is 5.97. The summed E-state index contributed by atoms with van der Waals surface area (Å²) in [6.45, 7) is -1.68. The Morgan fingerprint density at radius 2 is 2.09 bits per heavy atom. The van der Waals surface area contributed by atoms with Gasteiger partial charge in [0.15, 0.2) is 11.5 Å². The molecule has 0 bridgehead atoms. The maximum atomic E-state index is 13.0. The van der Waals surface area contributed by atoms with E-state index in [4.69, 9.17) is 14.4 Å². The molecule has 2 aliphatic heterocycles. The molecule has 2 heterocycles. The summed E-state index contributed by atoms with van der Waals surface area (Å²) >= 11 is 0. The van der Waals surface area contributed by atoms with E-state index in [1.807, 2.05) is 0 Å². The summed E-state index contributed by atoms with van der Waals surface area (Å²) in [5.41, 5.74) is 4.37. The monoisotopic (exact) mass is 477 g/mol. The highest BCUT2D eigenvalue weighted by Gasteiger charge is 2.35. The lowest BCUT2D eigenvalue weighted by Crippen LogP contribution is -2.45. The Morgan fingerprint density at radius 1 is 1.26 bits per heavy atom. The van der Waals surface area contributed by atoms with Crippen LogP contribution in [-0.4, -0.2) is 42.8 Å². The molecule has 0 aromatic heterocycles. The van der Waals surface area contributed by atoms with E-state index in [1.165, 1.54) is 25.2 Å². The van der Waals surface area contributed by atoms with Gasteiger partial charge in [0.1, 0.15) is 6.10 Å². The highest BCUT2D eigenvalue weighted by atomic mass is 19.3. The number of carbonyl (C=O) groups is 2. The van der Waals surface area contributed by atoms with Crippen molar-refractivity contribution in [2.45, 2.75) is 50.9 Å². The Kier molecular flexibility index (Phi) is 7.01. The molecule has 2 N–H and O–H groups in total. The lowest BCUT2D eigenvalue weighted by molar-refractivity contribution is -0.148. The van der Waals surface area contributed by atoms with Crippen LogP contribution in [-0.2, 0) is 19.3 Å². The van der Waals surface area contributed by atoms with Gasteiger partial charge in [-0.25, -0.2) is 10.5 Å². The third-order valence-electron chi connectivity index (χ3n) is 5.85. The molecule has 0 radical (unpaired) electrons. The van der Waals surface area contributed by atoms with E-state index < -0.39 is 12.6 Å². The van der Waals surface area contributed by atoms with Crippen molar-refractivity contribution in [3.63, 3.8) is 0 Å². The van der Waals surface area contributed by atoms with Gasteiger partial charge in [0.05, 0.1) is 19.0 Å². The Balaban J connectivity index is 1.57. The van der Waals surface area contributed by atoms with Crippen LogP contribution in [0.25, 0.3) is 0 Å². The molecule has 34 heavy (non-hydrogen) atoms. The van der Waals surface area contributed by atoms with E-state index in [1.54, 1.807) is 36.7 Å². The molecule has 3 atom stereocenters. The maximum Gasteiger partial charge on any atom is 0.387 e. The summed E-state index contributed by atoms with van der Waals surface area (Å²) in [6, 6.07) is 4.43. The Morgan fingerprint density at radius 3 is 2.82 bits per heavy atom. The van der Waals surface area contributed by atoms with E-state index in [0.29, 0.717) is 36.1 Å². The van der Waals surface area contributed by atoms with E-state index in [-0.39, 0.29) is 35.5 Å². The molecule has 11 heteroatoms. The minimum absolute atomic E-state index is 0.103. The molecule has 1 aliphatic carbocycles. The number of fused-ring (bicyclic) bond motifs is 1. The summed E-state index contributed by atoms with van der Waals surface area (Å²) < 4.78 is 41.1. The topological polar surface area (TPSA) is 98.4 Å². The summed E-state index contributed by atoms with van der Waals surface area (Å²) in [4.78, 5) is 29.7. The number of esters is 1. The van der Waals surface area contributed by atoms with Gasteiger partial charge in [-0.15, -0.1) is 0 Å². The first-order chi connectivity index (χ1) is 16.3. The van der Waals surface area contributed by atoms with Crippen molar-refractivity contribution in [2.24, 2.45) is 0 Å². The smallest absolute Gasteiger partial charge is 0.387 e. The fourth-order valence-corrected chi connectivity index (χ4v) is 4.36. The number of halogens is 2. The molecule has 1 fully saturated rings. The number of nitrogens with one attached hydrogen (secondary N) is 2. The van der Waals surface area contributed by atoms with Gasteiger partial charge in [0.2, 0.25) is 0 Å². The zero-order valence-electron chi connectivity index (χ0n) is 18.6. The van der Waals surface area contributed by atoms with E-state index >= 15 is 0 Å². The zero-order valence-corrected chi connectivity index (χ0v) is 18.6. The van der Waals surface area contributed by atoms with Crippen molar-refractivity contribution in [3.05, 3.63) is 59.6 Å². The maximum absolute atomic E-state index is 13.0. The molecule has 1 saturated carbocycles. The Hall–Kier alpha value is -3.60. The summed E-state index contributed by atoms with van der Waals surface area (Å²) in [6.07, 6.45) is 7.69. The van der Waals surface area contributed by atoms with Crippen molar-refractivity contribution in [1.29, 1.82) is 0 Å².